The van der Waals surface area contributed by atoms with E-state index in [1.165, 1.54) is 0 Å². The molecule has 0 aliphatic rings. The lowest BCUT2D eigenvalue weighted by atomic mass is 10.2. The number of alkyl halides is 2. The third-order valence-electron chi connectivity index (χ3n) is 1.77. The molecule has 2 N–H and O–H groups in total. The summed E-state index contributed by atoms with van der Waals surface area (Å²) < 4.78 is 33.5. The normalized spacial score (nSPS) is 11.2. The molecule has 0 aliphatic carbocycles. The fourth-order valence-electron chi connectivity index (χ4n) is 1.09. The number of aryl methyl sites for hydroxylation is 1. The van der Waals surface area contributed by atoms with Crippen molar-refractivity contribution in [2.24, 2.45) is 5.73 Å². The number of hydrogen-bond donors (Lipinski definition) is 1. The Hall–Kier alpha value is -0.940. The van der Waals surface area contributed by atoms with E-state index < -0.39 is 13.0 Å². The van der Waals surface area contributed by atoms with E-state index in [-0.39, 0.29) is 6.61 Å². The number of ether oxygens (including phenoxy) is 1. The fraction of sp³-hybridized carbons (Fsp3) is 0.556. The Bertz CT molecular complexity index is 286. The minimum atomic E-state index is -2.43. The topological polar surface area (TPSA) is 48.4 Å². The van der Waals surface area contributed by atoms with Gasteiger partial charge in [-0.05, 0) is 13.0 Å². The molecule has 0 unspecified atom stereocenters. The van der Waals surface area contributed by atoms with Gasteiger partial charge in [0, 0.05) is 5.56 Å². The summed E-state index contributed by atoms with van der Waals surface area (Å²) in [5, 5.41) is 0. The average molecular weight is 205 g/mol. The van der Waals surface area contributed by atoms with E-state index >= 15 is 0 Å². The molecule has 0 spiro atoms. The summed E-state index contributed by atoms with van der Waals surface area (Å²) in [6.07, 6.45) is -2.43. The van der Waals surface area contributed by atoms with Crippen molar-refractivity contribution < 1.29 is 17.9 Å². The highest BCUT2D eigenvalue weighted by Gasteiger charge is 2.08. The molecule has 14 heavy (non-hydrogen) atoms. The lowest BCUT2D eigenvalue weighted by molar-refractivity contribution is 0.00953. The van der Waals surface area contributed by atoms with Crippen LogP contribution in [0.3, 0.4) is 0 Å². The Kier molecular flexibility index (Phi) is 4.03. The summed E-state index contributed by atoms with van der Waals surface area (Å²) in [6.45, 7) is 1.64. The smallest absolute Gasteiger partial charge is 0.261 e. The molecule has 0 atom stereocenters. The minimum Gasteiger partial charge on any atom is -0.465 e. The van der Waals surface area contributed by atoms with Crippen LogP contribution in [0.15, 0.2) is 10.5 Å². The highest BCUT2D eigenvalue weighted by molar-refractivity contribution is 5.19. The molecular weight excluding hydrogens is 192 g/mol. The first-order chi connectivity index (χ1) is 6.63. The van der Waals surface area contributed by atoms with Gasteiger partial charge in [0.1, 0.15) is 18.1 Å². The van der Waals surface area contributed by atoms with Crippen molar-refractivity contribution in [3.05, 3.63) is 23.2 Å². The molecule has 0 saturated heterocycles. The minimum absolute atomic E-state index is 0.139. The van der Waals surface area contributed by atoms with E-state index in [0.29, 0.717) is 18.1 Å². The fourth-order valence-corrected chi connectivity index (χ4v) is 1.09. The summed E-state index contributed by atoms with van der Waals surface area (Å²) in [6, 6.07) is 1.72. The van der Waals surface area contributed by atoms with Crippen molar-refractivity contribution in [3.8, 4) is 0 Å². The molecule has 1 heterocycles. The van der Waals surface area contributed by atoms with Gasteiger partial charge in [-0.1, -0.05) is 0 Å². The van der Waals surface area contributed by atoms with Crippen LogP contribution in [0.25, 0.3) is 0 Å². The van der Waals surface area contributed by atoms with Crippen LogP contribution in [0, 0.1) is 6.92 Å². The van der Waals surface area contributed by atoms with Crippen molar-refractivity contribution in [2.45, 2.75) is 26.5 Å². The zero-order chi connectivity index (χ0) is 10.6. The molecule has 0 saturated carbocycles. The summed E-state index contributed by atoms with van der Waals surface area (Å²) in [7, 11) is 0. The van der Waals surface area contributed by atoms with Crippen LogP contribution in [0.4, 0.5) is 8.78 Å². The summed E-state index contributed by atoms with van der Waals surface area (Å²) in [5.74, 6) is 1.30. The lowest BCUT2D eigenvalue weighted by Crippen LogP contribution is -2.04. The molecule has 0 aromatic carbocycles. The van der Waals surface area contributed by atoms with E-state index in [1.807, 2.05) is 0 Å². The van der Waals surface area contributed by atoms with Crippen molar-refractivity contribution in [1.29, 1.82) is 0 Å². The second-order valence-electron chi connectivity index (χ2n) is 2.90. The Morgan fingerprint density at radius 1 is 1.57 bits per heavy atom. The Morgan fingerprint density at radius 3 is 2.79 bits per heavy atom. The zero-order valence-corrected chi connectivity index (χ0v) is 7.93. The maximum absolute atomic E-state index is 11.7. The van der Waals surface area contributed by atoms with Crippen molar-refractivity contribution >= 4 is 0 Å². The van der Waals surface area contributed by atoms with Crippen LogP contribution in [-0.4, -0.2) is 13.0 Å². The van der Waals surface area contributed by atoms with E-state index in [2.05, 4.69) is 0 Å². The second-order valence-corrected chi connectivity index (χ2v) is 2.90. The summed E-state index contributed by atoms with van der Waals surface area (Å²) in [4.78, 5) is 0. The van der Waals surface area contributed by atoms with E-state index in [0.717, 1.165) is 5.56 Å². The summed E-state index contributed by atoms with van der Waals surface area (Å²) in [5.41, 5.74) is 6.12. The van der Waals surface area contributed by atoms with Crippen molar-refractivity contribution in [1.82, 2.24) is 0 Å². The SMILES string of the molecule is Cc1oc(CN)cc1COCC(F)F. The quantitative estimate of drug-likeness (QED) is 0.797. The van der Waals surface area contributed by atoms with Crippen LogP contribution < -0.4 is 5.73 Å². The van der Waals surface area contributed by atoms with Gasteiger partial charge in [0.2, 0.25) is 0 Å². The van der Waals surface area contributed by atoms with Crippen LogP contribution in [0.5, 0.6) is 0 Å². The van der Waals surface area contributed by atoms with Gasteiger partial charge in [-0.15, -0.1) is 0 Å². The van der Waals surface area contributed by atoms with Gasteiger partial charge in [-0.3, -0.25) is 0 Å². The number of furan rings is 1. The molecular formula is C9H13F2NO2. The molecule has 0 bridgehead atoms. The molecule has 1 aromatic rings. The summed E-state index contributed by atoms with van der Waals surface area (Å²) >= 11 is 0. The van der Waals surface area contributed by atoms with E-state index in [9.17, 15) is 8.78 Å². The molecule has 0 fully saturated rings. The number of hydrogen-bond acceptors (Lipinski definition) is 3. The first-order valence-electron chi connectivity index (χ1n) is 4.27. The molecule has 80 valence electrons. The molecule has 1 aromatic heterocycles. The number of halogens is 2. The van der Waals surface area contributed by atoms with Gasteiger partial charge in [-0.2, -0.15) is 0 Å². The Balaban J connectivity index is 2.45. The third kappa shape index (κ3) is 3.08. The predicted octanol–water partition coefficient (Wildman–Crippen LogP) is 1.83. The van der Waals surface area contributed by atoms with Crippen LogP contribution in [0.1, 0.15) is 17.1 Å². The lowest BCUT2D eigenvalue weighted by Gasteiger charge is -2.01. The van der Waals surface area contributed by atoms with Crippen molar-refractivity contribution in [3.63, 3.8) is 0 Å². The van der Waals surface area contributed by atoms with Gasteiger partial charge in [0.15, 0.2) is 0 Å². The molecule has 0 radical (unpaired) electrons. The molecule has 0 amide bonds. The second kappa shape index (κ2) is 5.07. The molecule has 3 nitrogen and oxygen atoms in total. The van der Waals surface area contributed by atoms with Crippen LogP contribution in [0.2, 0.25) is 0 Å². The highest BCUT2D eigenvalue weighted by atomic mass is 19.3. The largest absolute Gasteiger partial charge is 0.465 e. The van der Waals surface area contributed by atoms with Crippen LogP contribution in [-0.2, 0) is 17.9 Å². The maximum Gasteiger partial charge on any atom is 0.261 e. The van der Waals surface area contributed by atoms with Gasteiger partial charge in [0.05, 0.1) is 13.2 Å². The molecule has 0 aliphatic heterocycles. The van der Waals surface area contributed by atoms with Gasteiger partial charge < -0.3 is 14.9 Å². The highest BCUT2D eigenvalue weighted by Crippen LogP contribution is 2.15. The van der Waals surface area contributed by atoms with Gasteiger partial charge >= 0.3 is 0 Å². The number of nitrogens with two attached hydrogens (primary N) is 1. The van der Waals surface area contributed by atoms with E-state index in [4.69, 9.17) is 14.9 Å². The maximum atomic E-state index is 11.7. The first-order valence-corrected chi connectivity index (χ1v) is 4.27. The molecule has 5 heteroatoms. The Labute approximate surface area is 80.8 Å². The van der Waals surface area contributed by atoms with E-state index in [1.54, 1.807) is 13.0 Å². The number of rotatable bonds is 5. The van der Waals surface area contributed by atoms with Crippen molar-refractivity contribution in [2.75, 3.05) is 6.61 Å². The van der Waals surface area contributed by atoms with Crippen LogP contribution >= 0.6 is 0 Å². The monoisotopic (exact) mass is 205 g/mol. The third-order valence-corrected chi connectivity index (χ3v) is 1.77. The zero-order valence-electron chi connectivity index (χ0n) is 7.93. The standard InChI is InChI=1S/C9H13F2NO2/c1-6-7(2-8(3-12)14-6)4-13-5-9(10)11/h2,9H,3-5,12H2,1H3. The predicted molar refractivity (Wildman–Crippen MR) is 47.0 cm³/mol. The Morgan fingerprint density at radius 2 is 2.29 bits per heavy atom. The van der Waals surface area contributed by atoms with Gasteiger partial charge in [-0.25, -0.2) is 8.78 Å². The van der Waals surface area contributed by atoms with Gasteiger partial charge in [0.25, 0.3) is 6.43 Å². The molecule has 1 rings (SSSR count). The average Bonchev–Trinajstić information content (AvgIpc) is 2.47. The first kappa shape index (κ1) is 11.1.